The first-order chi connectivity index (χ1) is 9.74. The molecule has 0 saturated carbocycles. The van der Waals surface area contributed by atoms with Crippen LogP contribution in [0.4, 0.5) is 0 Å². The molecule has 1 fully saturated rings. The average molecular weight is 314 g/mol. The third-order valence-electron chi connectivity index (χ3n) is 3.67. The first-order valence-corrected chi connectivity index (χ1v) is 8.36. The minimum atomic E-state index is -3.63. The van der Waals surface area contributed by atoms with Crippen molar-refractivity contribution >= 4 is 10.0 Å². The number of rotatable bonds is 3. The molecular weight excluding hydrogens is 292 g/mol. The maximum absolute atomic E-state index is 12.8. The van der Waals surface area contributed by atoms with E-state index in [1.54, 1.807) is 0 Å². The molecule has 0 aliphatic carbocycles. The Morgan fingerprint density at radius 1 is 1.43 bits per heavy atom. The van der Waals surface area contributed by atoms with Crippen molar-refractivity contribution in [1.29, 1.82) is 0 Å². The van der Waals surface area contributed by atoms with E-state index in [9.17, 15) is 13.5 Å². The summed E-state index contributed by atoms with van der Waals surface area (Å²) in [5.41, 5.74) is -0.269. The Kier molecular flexibility index (Phi) is 4.55. The molecule has 0 aromatic carbocycles. The van der Waals surface area contributed by atoms with Crippen LogP contribution in [0, 0.1) is 5.41 Å². The zero-order valence-corrected chi connectivity index (χ0v) is 13.4. The van der Waals surface area contributed by atoms with Gasteiger partial charge in [-0.15, -0.1) is 0 Å². The van der Waals surface area contributed by atoms with E-state index >= 15 is 0 Å². The average Bonchev–Trinajstić information content (AvgIpc) is 2.56. The highest BCUT2D eigenvalue weighted by atomic mass is 32.2. The van der Waals surface area contributed by atoms with E-state index in [4.69, 9.17) is 4.74 Å². The van der Waals surface area contributed by atoms with Crippen LogP contribution >= 0.6 is 0 Å². The summed E-state index contributed by atoms with van der Waals surface area (Å²) < 4.78 is 32.0. The minimum absolute atomic E-state index is 0.119. The predicted octanol–water partition coefficient (Wildman–Crippen LogP) is 1.26. The van der Waals surface area contributed by atoms with E-state index in [0.717, 1.165) is 0 Å². The van der Waals surface area contributed by atoms with Crippen LogP contribution < -0.4 is 4.74 Å². The molecule has 1 aromatic rings. The third kappa shape index (κ3) is 3.72. The SMILES string of the molecule is COc1cncc(S(=O)(=O)N2CCC(O)CC(C)(C)C2)c1. The summed E-state index contributed by atoms with van der Waals surface area (Å²) in [6.45, 7) is 4.62. The van der Waals surface area contributed by atoms with Crippen LogP contribution in [0.2, 0.25) is 0 Å². The van der Waals surface area contributed by atoms with Crippen molar-refractivity contribution in [3.05, 3.63) is 18.5 Å². The van der Waals surface area contributed by atoms with Crippen LogP contribution in [-0.4, -0.2) is 49.1 Å². The van der Waals surface area contributed by atoms with Gasteiger partial charge in [0.15, 0.2) is 0 Å². The Labute approximate surface area is 125 Å². The van der Waals surface area contributed by atoms with E-state index < -0.39 is 16.1 Å². The molecule has 7 heteroatoms. The lowest BCUT2D eigenvalue weighted by Crippen LogP contribution is -2.37. The van der Waals surface area contributed by atoms with Crippen LogP contribution in [-0.2, 0) is 10.0 Å². The number of ether oxygens (including phenoxy) is 1. The van der Waals surface area contributed by atoms with E-state index in [0.29, 0.717) is 31.7 Å². The van der Waals surface area contributed by atoms with Gasteiger partial charge in [0.05, 0.1) is 19.4 Å². The van der Waals surface area contributed by atoms with Crippen molar-refractivity contribution in [2.75, 3.05) is 20.2 Å². The monoisotopic (exact) mass is 314 g/mol. The van der Waals surface area contributed by atoms with Crippen molar-refractivity contribution in [2.45, 2.75) is 37.7 Å². The van der Waals surface area contributed by atoms with Crippen LogP contribution in [0.3, 0.4) is 0 Å². The molecule has 1 aliphatic rings. The number of aromatic nitrogens is 1. The summed E-state index contributed by atoms with van der Waals surface area (Å²) >= 11 is 0. The first kappa shape index (κ1) is 16.2. The van der Waals surface area contributed by atoms with Gasteiger partial charge in [-0.1, -0.05) is 13.8 Å². The molecule has 1 N–H and O–H groups in total. The molecule has 1 atom stereocenters. The van der Waals surface area contributed by atoms with Gasteiger partial charge in [0.2, 0.25) is 10.0 Å². The molecule has 0 spiro atoms. The van der Waals surface area contributed by atoms with E-state index in [1.165, 1.54) is 29.9 Å². The number of aliphatic hydroxyl groups is 1. The van der Waals surface area contributed by atoms with E-state index in [1.807, 2.05) is 13.8 Å². The largest absolute Gasteiger partial charge is 0.495 e. The van der Waals surface area contributed by atoms with Gasteiger partial charge in [0.1, 0.15) is 10.6 Å². The maximum atomic E-state index is 12.8. The summed E-state index contributed by atoms with van der Waals surface area (Å²) in [5, 5.41) is 9.91. The van der Waals surface area contributed by atoms with Gasteiger partial charge < -0.3 is 9.84 Å². The lowest BCUT2D eigenvalue weighted by Gasteiger charge is -2.29. The van der Waals surface area contributed by atoms with Gasteiger partial charge in [-0.2, -0.15) is 4.31 Å². The lowest BCUT2D eigenvalue weighted by molar-refractivity contribution is 0.122. The summed E-state index contributed by atoms with van der Waals surface area (Å²) in [7, 11) is -2.16. The first-order valence-electron chi connectivity index (χ1n) is 6.92. The molecule has 0 radical (unpaired) electrons. The highest BCUT2D eigenvalue weighted by molar-refractivity contribution is 7.89. The zero-order valence-electron chi connectivity index (χ0n) is 12.6. The van der Waals surface area contributed by atoms with Crippen LogP contribution in [0.1, 0.15) is 26.7 Å². The normalized spacial score (nSPS) is 23.5. The summed E-state index contributed by atoms with van der Waals surface area (Å²) in [5.74, 6) is 0.408. The third-order valence-corrected chi connectivity index (χ3v) is 5.48. The zero-order chi connectivity index (χ0) is 15.7. The maximum Gasteiger partial charge on any atom is 0.244 e. The quantitative estimate of drug-likeness (QED) is 0.908. The molecule has 6 nitrogen and oxygen atoms in total. The number of hydrogen-bond acceptors (Lipinski definition) is 5. The van der Waals surface area contributed by atoms with Crippen molar-refractivity contribution in [3.63, 3.8) is 0 Å². The van der Waals surface area contributed by atoms with Crippen molar-refractivity contribution in [2.24, 2.45) is 5.41 Å². The molecule has 118 valence electrons. The molecule has 21 heavy (non-hydrogen) atoms. The fourth-order valence-corrected chi connectivity index (χ4v) is 4.28. The predicted molar refractivity (Wildman–Crippen MR) is 78.6 cm³/mol. The Morgan fingerprint density at radius 2 is 2.14 bits per heavy atom. The second kappa shape index (κ2) is 5.90. The van der Waals surface area contributed by atoms with Gasteiger partial charge in [0.25, 0.3) is 0 Å². The number of pyridine rings is 1. The summed E-state index contributed by atoms with van der Waals surface area (Å²) in [4.78, 5) is 4.03. The smallest absolute Gasteiger partial charge is 0.244 e. The van der Waals surface area contributed by atoms with Crippen molar-refractivity contribution in [1.82, 2.24) is 9.29 Å². The number of hydrogen-bond donors (Lipinski definition) is 1. The molecule has 1 unspecified atom stereocenters. The Balaban J connectivity index is 2.33. The van der Waals surface area contributed by atoms with Crippen molar-refractivity contribution in [3.8, 4) is 5.75 Å². The molecular formula is C14H22N2O4S. The van der Waals surface area contributed by atoms with Gasteiger partial charge in [-0.05, 0) is 18.3 Å². The summed E-state index contributed by atoms with van der Waals surface area (Å²) in [6, 6.07) is 1.47. The van der Waals surface area contributed by atoms with Gasteiger partial charge in [-0.25, -0.2) is 8.42 Å². The highest BCUT2D eigenvalue weighted by Crippen LogP contribution is 2.31. The molecule has 0 amide bonds. The van der Waals surface area contributed by atoms with E-state index in [2.05, 4.69) is 4.98 Å². The van der Waals surface area contributed by atoms with Gasteiger partial charge >= 0.3 is 0 Å². The minimum Gasteiger partial charge on any atom is -0.495 e. The van der Waals surface area contributed by atoms with Crippen molar-refractivity contribution < 1.29 is 18.3 Å². The second-order valence-corrected chi connectivity index (χ2v) is 8.15. The fourth-order valence-electron chi connectivity index (χ4n) is 2.66. The number of nitrogens with zero attached hydrogens (tertiary/aromatic N) is 2. The lowest BCUT2D eigenvalue weighted by atomic mass is 9.87. The molecule has 2 heterocycles. The molecule has 0 bridgehead atoms. The second-order valence-electron chi connectivity index (χ2n) is 6.21. The number of sulfonamides is 1. The fraction of sp³-hybridized carbons (Fsp3) is 0.643. The van der Waals surface area contributed by atoms with Crippen LogP contribution in [0.25, 0.3) is 0 Å². The van der Waals surface area contributed by atoms with Crippen LogP contribution in [0.15, 0.2) is 23.4 Å². The molecule has 1 aromatic heterocycles. The molecule has 2 rings (SSSR count). The topological polar surface area (TPSA) is 79.7 Å². The Hall–Kier alpha value is -1.18. The Morgan fingerprint density at radius 3 is 2.81 bits per heavy atom. The number of aliphatic hydroxyl groups excluding tert-OH is 1. The van der Waals surface area contributed by atoms with E-state index in [-0.39, 0.29) is 10.3 Å². The molecule has 1 saturated heterocycles. The van der Waals surface area contributed by atoms with Gasteiger partial charge in [-0.3, -0.25) is 4.98 Å². The standard InChI is InChI=1S/C14H22N2O4S/c1-14(2)7-11(17)4-5-16(10-14)21(18,19)13-6-12(20-3)8-15-9-13/h6,8-9,11,17H,4-5,7,10H2,1-3H3. The van der Waals surface area contributed by atoms with Crippen LogP contribution in [0.5, 0.6) is 5.75 Å². The molecule has 1 aliphatic heterocycles. The number of methoxy groups -OCH3 is 1. The Bertz CT molecular complexity index is 601. The highest BCUT2D eigenvalue weighted by Gasteiger charge is 2.35. The summed E-state index contributed by atoms with van der Waals surface area (Å²) in [6.07, 6.45) is 3.36. The van der Waals surface area contributed by atoms with Gasteiger partial charge in [0, 0.05) is 25.4 Å².